The van der Waals surface area contributed by atoms with Gasteiger partial charge in [-0.3, -0.25) is 24.8 Å². The molecule has 0 fully saturated rings. The lowest BCUT2D eigenvalue weighted by atomic mass is 9.66. The Morgan fingerprint density at radius 1 is 0.177 bits per heavy atom. The summed E-state index contributed by atoms with van der Waals surface area (Å²) in [6.45, 7) is 27.9. The van der Waals surface area contributed by atoms with Crippen molar-refractivity contribution in [3.8, 4) is 124 Å². The van der Waals surface area contributed by atoms with Crippen LogP contribution in [0.3, 0.4) is 0 Å². The molecule has 14 heteroatoms. The molecule has 0 radical (unpaired) electrons. The molecule has 14 nitrogen and oxygen atoms in total. The number of rotatable bonds is 11. The summed E-state index contributed by atoms with van der Waals surface area (Å²) in [5.41, 5.74) is 39.8. The van der Waals surface area contributed by atoms with Crippen LogP contribution in [0.1, 0.15) is 150 Å². The molecule has 0 amide bonds. The lowest BCUT2D eigenvalue weighted by Gasteiger charge is -2.49. The van der Waals surface area contributed by atoms with E-state index < -0.39 is 5.41 Å². The second-order valence-electron chi connectivity index (χ2n) is 40.7. The zero-order chi connectivity index (χ0) is 96.0. The maximum Gasteiger partial charge on any atom is 0.164 e. The number of hydrogen-bond acceptors (Lipinski definition) is 14. The van der Waals surface area contributed by atoms with Gasteiger partial charge in [0.05, 0.1) is 62.6 Å². The van der Waals surface area contributed by atoms with Crippen molar-refractivity contribution < 1.29 is 0 Å². The Labute approximate surface area is 823 Å². The van der Waals surface area contributed by atoms with Gasteiger partial charge in [-0.1, -0.05) is 312 Å². The lowest BCUT2D eigenvalue weighted by molar-refractivity contribution is 0.580. The van der Waals surface area contributed by atoms with Crippen molar-refractivity contribution in [2.75, 3.05) is 14.7 Å². The van der Waals surface area contributed by atoms with E-state index >= 15 is 0 Å². The zero-order valence-corrected chi connectivity index (χ0v) is 80.9. The third-order valence-corrected chi connectivity index (χ3v) is 30.0. The van der Waals surface area contributed by atoms with E-state index in [0.717, 1.165) is 95.6 Å². The molecule has 13 heterocycles. The molecular formula is C127H102N14. The third kappa shape index (κ3) is 14.5. The summed E-state index contributed by atoms with van der Waals surface area (Å²) in [7, 11) is 0. The molecule has 6 aliphatic heterocycles. The molecule has 0 aliphatic carbocycles. The average molecular weight is 1820 g/mol. The fourth-order valence-electron chi connectivity index (χ4n) is 22.2. The Morgan fingerprint density at radius 2 is 0.468 bits per heavy atom. The van der Waals surface area contributed by atoms with E-state index in [1.54, 1.807) is 0 Å². The molecule has 0 unspecified atom stereocenters. The molecule has 0 saturated carbocycles. The smallest absolute Gasteiger partial charge is 0.164 e. The first-order chi connectivity index (χ1) is 68.4. The van der Waals surface area contributed by atoms with Crippen LogP contribution in [0, 0.1) is 0 Å². The molecule has 0 spiro atoms. The van der Waals surface area contributed by atoms with Crippen molar-refractivity contribution in [1.29, 1.82) is 0 Å². The standard InChI is InChI=1S/C53H40N8.C41H34N2.C33H28N4/c1-52(2)39-29-30-54-45-44(39)61(42-27-25-37(31-40(42)52)50-57-46(33-17-9-5-10-18-33)55-47(58-50)34-19-11-6-12-20-34)43-28-26-38(32-41(43)53(45,3)4)51-59-48(35-21-13-7-14-22-35)56-49(60-51)36-23-15-8-16-24-36;1-40(2)33-22-30(27-14-8-5-9-15-27)20-21-37(33)43-38-34(40)23-31(28-16-10-6-11-17-28)24-35(38)41(3,4)36-25-32(26-42-39(36)43)29-18-12-7-13-19-29;1-32(2)23-17-21(27-9-5-7-15-35-27)11-13-29(23)37-30-14-12-22(28-10-6-8-16-36-28)18-24(30)33(3,4)26-20-34-19-25(32)31(26)37/h5-32H,1-4H3;5-26H,1-4H3;5-20H,1-4H3. The first kappa shape index (κ1) is 86.8. The van der Waals surface area contributed by atoms with E-state index in [9.17, 15) is 0 Å². The second-order valence-corrected chi connectivity index (χ2v) is 40.7. The molecule has 26 rings (SSSR count). The second kappa shape index (κ2) is 33.5. The number of pyridine rings is 5. The minimum Gasteiger partial charge on any atom is -0.309 e. The van der Waals surface area contributed by atoms with E-state index in [1.165, 1.54) is 112 Å². The Hall–Kier alpha value is -17.0. The van der Waals surface area contributed by atoms with E-state index in [0.29, 0.717) is 34.9 Å². The van der Waals surface area contributed by atoms with E-state index in [2.05, 4.69) is 339 Å². The fraction of sp³-hybridized carbons (Fsp3) is 0.142. The fourth-order valence-corrected chi connectivity index (χ4v) is 22.2. The predicted octanol–water partition coefficient (Wildman–Crippen LogP) is 31.0. The Kier molecular flexibility index (Phi) is 20.6. The summed E-state index contributed by atoms with van der Waals surface area (Å²) in [4.78, 5) is 61.9. The van der Waals surface area contributed by atoms with Crippen LogP contribution in [-0.2, 0) is 32.5 Å². The van der Waals surface area contributed by atoms with Crippen LogP contribution in [-0.4, -0.2) is 54.8 Å². The third-order valence-electron chi connectivity index (χ3n) is 30.0. The van der Waals surface area contributed by atoms with Crippen LogP contribution >= 0.6 is 0 Å². The molecule has 141 heavy (non-hydrogen) atoms. The van der Waals surface area contributed by atoms with Gasteiger partial charge >= 0.3 is 0 Å². The SMILES string of the molecule is CC1(C)c2cc(-c3ccccc3)ccc2N2c3ncc(-c4ccccc4)cc3C(C)(C)c3cc(-c4ccccc4)cc1c32.CC1(C)c2cc(-c3ccccn3)ccc2N2c3ccc(-c4ccccn4)cc3C(C)(C)c3cncc1c32.CC1(C)c2cc(-c3nc(-c4ccccc4)nc(-c4ccccc4)n3)ccc2N2c3ccc(-c4nc(-c5ccccc5)nc(-c5ccccc5)n4)cc3C(C)(C)c3nccc1c32. The molecule has 20 aromatic rings. The van der Waals surface area contributed by atoms with Gasteiger partial charge in [-0.2, -0.15) is 0 Å². The minimum atomic E-state index is -0.440. The van der Waals surface area contributed by atoms with Crippen molar-refractivity contribution in [2.24, 2.45) is 0 Å². The zero-order valence-electron chi connectivity index (χ0n) is 80.9. The molecule has 0 atom stereocenters. The highest BCUT2D eigenvalue weighted by Crippen LogP contribution is 2.65. The van der Waals surface area contributed by atoms with Gasteiger partial charge in [0, 0.05) is 136 Å². The van der Waals surface area contributed by atoms with Gasteiger partial charge in [0.25, 0.3) is 0 Å². The van der Waals surface area contributed by atoms with Gasteiger partial charge in [-0.05, 0) is 207 Å². The number of anilines is 9. The van der Waals surface area contributed by atoms with E-state index in [-0.39, 0.29) is 27.1 Å². The Balaban J connectivity index is 0.000000119. The summed E-state index contributed by atoms with van der Waals surface area (Å²) in [5.74, 6) is 4.79. The molecule has 6 aliphatic rings. The van der Waals surface area contributed by atoms with Gasteiger partial charge in [0.1, 0.15) is 5.82 Å². The summed E-state index contributed by atoms with van der Waals surface area (Å²) < 4.78 is 0. The summed E-state index contributed by atoms with van der Waals surface area (Å²) >= 11 is 0. The maximum absolute atomic E-state index is 5.25. The minimum absolute atomic E-state index is 0.212. The number of aromatic nitrogens is 11. The first-order valence-corrected chi connectivity index (χ1v) is 48.5. The van der Waals surface area contributed by atoms with Gasteiger partial charge in [-0.15, -0.1) is 0 Å². The van der Waals surface area contributed by atoms with Gasteiger partial charge in [0.2, 0.25) is 0 Å². The van der Waals surface area contributed by atoms with Crippen LogP contribution in [0.15, 0.2) is 401 Å². The van der Waals surface area contributed by atoms with E-state index in [1.807, 2.05) is 170 Å². The van der Waals surface area contributed by atoms with Crippen LogP contribution in [0.5, 0.6) is 0 Å². The average Bonchev–Trinajstić information content (AvgIpc) is 0.698. The molecule has 0 N–H and O–H groups in total. The highest BCUT2D eigenvalue weighted by Gasteiger charge is 2.51. The number of fused-ring (bicyclic) bond motifs is 12. The van der Waals surface area contributed by atoms with Crippen LogP contribution in [0.2, 0.25) is 0 Å². The van der Waals surface area contributed by atoms with Crippen molar-refractivity contribution >= 4 is 51.3 Å². The van der Waals surface area contributed by atoms with Crippen LogP contribution in [0.25, 0.3) is 124 Å². The number of nitrogens with zero attached hydrogens (tertiary/aromatic N) is 14. The summed E-state index contributed by atoms with van der Waals surface area (Å²) in [6.07, 6.45) is 11.8. The van der Waals surface area contributed by atoms with Crippen LogP contribution < -0.4 is 14.7 Å². The van der Waals surface area contributed by atoms with Crippen molar-refractivity contribution in [1.82, 2.24) is 54.8 Å². The quantitative estimate of drug-likeness (QED) is 0.121. The molecule has 7 aromatic heterocycles. The molecule has 0 bridgehead atoms. The monoisotopic (exact) mass is 1820 g/mol. The number of hydrogen-bond donors (Lipinski definition) is 0. The molecule has 0 saturated heterocycles. The summed E-state index contributed by atoms with van der Waals surface area (Å²) in [6, 6.07) is 128. The molecule has 13 aromatic carbocycles. The van der Waals surface area contributed by atoms with E-state index in [4.69, 9.17) is 44.9 Å². The lowest BCUT2D eigenvalue weighted by Crippen LogP contribution is -2.38. The highest BCUT2D eigenvalue weighted by molar-refractivity contribution is 5.99. The maximum atomic E-state index is 5.25. The first-order valence-electron chi connectivity index (χ1n) is 48.5. The van der Waals surface area contributed by atoms with Crippen molar-refractivity contribution in [3.63, 3.8) is 0 Å². The largest absolute Gasteiger partial charge is 0.309 e. The van der Waals surface area contributed by atoms with Gasteiger partial charge in [-0.25, -0.2) is 34.9 Å². The Bertz CT molecular complexity index is 7750. The highest BCUT2D eigenvalue weighted by atomic mass is 15.2. The summed E-state index contributed by atoms with van der Waals surface area (Å²) in [5, 5.41) is 0. The van der Waals surface area contributed by atoms with Gasteiger partial charge < -0.3 is 9.80 Å². The number of benzene rings is 13. The van der Waals surface area contributed by atoms with Crippen molar-refractivity contribution in [2.45, 2.75) is 116 Å². The van der Waals surface area contributed by atoms with Crippen LogP contribution in [0.4, 0.5) is 51.3 Å². The predicted molar refractivity (Wildman–Crippen MR) is 572 cm³/mol. The molecular weight excluding hydrogens is 1720 g/mol. The van der Waals surface area contributed by atoms with Crippen molar-refractivity contribution in [3.05, 3.63) is 468 Å². The topological polar surface area (TPSA) is 152 Å². The van der Waals surface area contributed by atoms with Gasteiger partial charge in [0.15, 0.2) is 34.9 Å². The Morgan fingerprint density at radius 3 is 0.872 bits per heavy atom. The molecule has 680 valence electrons. The normalized spacial score (nSPS) is 15.0.